The number of nitrogens with one attached hydrogen (secondary N) is 1. The van der Waals surface area contributed by atoms with E-state index in [4.69, 9.17) is 11.6 Å². The highest BCUT2D eigenvalue weighted by Crippen LogP contribution is 2.13. The number of hydrogen-bond donors (Lipinski definition) is 1. The molecule has 0 radical (unpaired) electrons. The maximum absolute atomic E-state index is 12.0. The van der Waals surface area contributed by atoms with Crippen molar-refractivity contribution in [1.82, 2.24) is 9.71 Å². The van der Waals surface area contributed by atoms with E-state index >= 15 is 0 Å². The van der Waals surface area contributed by atoms with E-state index in [2.05, 4.69) is 23.6 Å². The van der Waals surface area contributed by atoms with Crippen molar-refractivity contribution in [2.75, 3.05) is 0 Å². The number of nitrogens with zero attached hydrogens (tertiary/aromatic N) is 1. The molecule has 0 aliphatic heterocycles. The van der Waals surface area contributed by atoms with Crippen LogP contribution in [0.4, 0.5) is 0 Å². The van der Waals surface area contributed by atoms with Crippen molar-refractivity contribution in [2.45, 2.75) is 44.6 Å². The minimum atomic E-state index is -3.50. The smallest absolute Gasteiger partial charge is 0.242 e. The quantitative estimate of drug-likeness (QED) is 0.820. The lowest BCUT2D eigenvalue weighted by Gasteiger charge is -2.15. The van der Waals surface area contributed by atoms with E-state index in [1.165, 1.54) is 18.3 Å². The molecule has 0 aliphatic rings. The van der Waals surface area contributed by atoms with Crippen molar-refractivity contribution in [2.24, 2.45) is 5.92 Å². The molecule has 1 aromatic rings. The van der Waals surface area contributed by atoms with Gasteiger partial charge in [-0.2, -0.15) is 0 Å². The molecule has 1 atom stereocenters. The summed E-state index contributed by atoms with van der Waals surface area (Å²) < 4.78 is 26.6. The third-order valence-electron chi connectivity index (χ3n) is 2.54. The first-order valence-electron chi connectivity index (χ1n) is 5.95. The number of aromatic nitrogens is 1. The standard InChI is InChI=1S/C12H19ClN2O2S/c1-9(2)4-5-10(3)15-18(16,17)11-6-7-12(13)14-8-11/h6-10,15H,4-5H2,1-3H3/t10-/m0/s1. The van der Waals surface area contributed by atoms with Gasteiger partial charge >= 0.3 is 0 Å². The average Bonchev–Trinajstić information content (AvgIpc) is 2.26. The maximum atomic E-state index is 12.0. The molecule has 0 unspecified atom stereocenters. The van der Waals surface area contributed by atoms with E-state index in [1.54, 1.807) is 0 Å². The van der Waals surface area contributed by atoms with Crippen LogP contribution in [0.25, 0.3) is 0 Å². The zero-order chi connectivity index (χ0) is 13.8. The van der Waals surface area contributed by atoms with Gasteiger partial charge in [-0.05, 0) is 37.8 Å². The van der Waals surface area contributed by atoms with Crippen LogP contribution >= 0.6 is 11.6 Å². The minimum Gasteiger partial charge on any atom is -0.243 e. The Balaban J connectivity index is 2.67. The molecular formula is C12H19ClN2O2S. The SMILES string of the molecule is CC(C)CC[C@H](C)NS(=O)(=O)c1ccc(Cl)nc1. The lowest BCUT2D eigenvalue weighted by atomic mass is 10.1. The molecular weight excluding hydrogens is 272 g/mol. The van der Waals surface area contributed by atoms with Gasteiger partial charge in [0.15, 0.2) is 0 Å². The lowest BCUT2D eigenvalue weighted by Crippen LogP contribution is -2.32. The van der Waals surface area contributed by atoms with Gasteiger partial charge in [-0.15, -0.1) is 0 Å². The van der Waals surface area contributed by atoms with Crippen molar-refractivity contribution in [3.8, 4) is 0 Å². The molecule has 4 nitrogen and oxygen atoms in total. The van der Waals surface area contributed by atoms with E-state index in [1.807, 2.05) is 6.92 Å². The van der Waals surface area contributed by atoms with Gasteiger partial charge in [-0.1, -0.05) is 25.4 Å². The predicted molar refractivity (Wildman–Crippen MR) is 73.1 cm³/mol. The third kappa shape index (κ3) is 4.92. The Labute approximate surface area is 114 Å². The first-order valence-corrected chi connectivity index (χ1v) is 7.81. The Morgan fingerprint density at radius 2 is 1.94 bits per heavy atom. The van der Waals surface area contributed by atoms with Crippen LogP contribution in [0.5, 0.6) is 0 Å². The van der Waals surface area contributed by atoms with E-state index in [9.17, 15) is 8.42 Å². The number of hydrogen-bond acceptors (Lipinski definition) is 3. The van der Waals surface area contributed by atoms with E-state index < -0.39 is 10.0 Å². The number of halogens is 1. The molecule has 0 bridgehead atoms. The first-order chi connectivity index (χ1) is 8.31. The van der Waals surface area contributed by atoms with Gasteiger partial charge in [0.05, 0.1) is 0 Å². The molecule has 0 spiro atoms. The Morgan fingerprint density at radius 3 is 2.44 bits per heavy atom. The summed E-state index contributed by atoms with van der Waals surface area (Å²) in [5.74, 6) is 0.564. The van der Waals surface area contributed by atoms with Gasteiger partial charge in [0, 0.05) is 12.2 Å². The summed E-state index contributed by atoms with van der Waals surface area (Å²) >= 11 is 5.63. The van der Waals surface area contributed by atoms with Crippen LogP contribution in [0.2, 0.25) is 5.15 Å². The fourth-order valence-electron chi connectivity index (χ4n) is 1.50. The topological polar surface area (TPSA) is 59.1 Å². The van der Waals surface area contributed by atoms with Gasteiger partial charge in [0.2, 0.25) is 10.0 Å². The highest BCUT2D eigenvalue weighted by Gasteiger charge is 2.17. The van der Waals surface area contributed by atoms with Crippen LogP contribution < -0.4 is 4.72 Å². The van der Waals surface area contributed by atoms with Crippen LogP contribution in [-0.4, -0.2) is 19.4 Å². The van der Waals surface area contributed by atoms with Gasteiger partial charge in [0.1, 0.15) is 10.0 Å². The molecule has 6 heteroatoms. The van der Waals surface area contributed by atoms with Gasteiger partial charge in [-0.25, -0.2) is 18.1 Å². The van der Waals surface area contributed by atoms with E-state index in [0.29, 0.717) is 5.92 Å². The third-order valence-corrected chi connectivity index (χ3v) is 4.34. The minimum absolute atomic E-state index is 0.0897. The molecule has 1 rings (SSSR count). The number of sulfonamides is 1. The van der Waals surface area contributed by atoms with Crippen LogP contribution in [0, 0.1) is 5.92 Å². The van der Waals surface area contributed by atoms with Crippen LogP contribution in [-0.2, 0) is 10.0 Å². The zero-order valence-corrected chi connectivity index (χ0v) is 12.4. The van der Waals surface area contributed by atoms with Crippen molar-refractivity contribution in [3.63, 3.8) is 0 Å². The Kier molecular flexibility index (Phi) is 5.56. The second kappa shape index (κ2) is 6.50. The summed E-state index contributed by atoms with van der Waals surface area (Å²) in [4.78, 5) is 3.92. The first kappa shape index (κ1) is 15.4. The van der Waals surface area contributed by atoms with E-state index in [-0.39, 0.29) is 16.1 Å². The summed E-state index contributed by atoms with van der Waals surface area (Å²) in [6, 6.07) is 2.83. The summed E-state index contributed by atoms with van der Waals surface area (Å²) in [6.07, 6.45) is 3.07. The number of pyridine rings is 1. The van der Waals surface area contributed by atoms with Gasteiger partial charge in [0.25, 0.3) is 0 Å². The molecule has 0 saturated carbocycles. The second-order valence-electron chi connectivity index (χ2n) is 4.81. The average molecular weight is 291 g/mol. The highest BCUT2D eigenvalue weighted by atomic mass is 35.5. The fourth-order valence-corrected chi connectivity index (χ4v) is 2.83. The van der Waals surface area contributed by atoms with Crippen molar-refractivity contribution >= 4 is 21.6 Å². The molecule has 1 N–H and O–H groups in total. The molecule has 18 heavy (non-hydrogen) atoms. The highest BCUT2D eigenvalue weighted by molar-refractivity contribution is 7.89. The predicted octanol–water partition coefficient (Wildman–Crippen LogP) is 2.84. The summed E-state index contributed by atoms with van der Waals surface area (Å²) in [5.41, 5.74) is 0. The second-order valence-corrected chi connectivity index (χ2v) is 6.91. The van der Waals surface area contributed by atoms with Crippen molar-refractivity contribution in [1.29, 1.82) is 0 Å². The molecule has 0 amide bonds. The van der Waals surface area contributed by atoms with Crippen molar-refractivity contribution in [3.05, 3.63) is 23.5 Å². The van der Waals surface area contributed by atoms with Crippen LogP contribution in [0.15, 0.2) is 23.2 Å². The Bertz CT molecular complexity index is 471. The Morgan fingerprint density at radius 1 is 1.28 bits per heavy atom. The van der Waals surface area contributed by atoms with Gasteiger partial charge < -0.3 is 0 Å². The van der Waals surface area contributed by atoms with Crippen LogP contribution in [0.3, 0.4) is 0 Å². The maximum Gasteiger partial charge on any atom is 0.242 e. The molecule has 0 fully saturated rings. The molecule has 0 aromatic carbocycles. The summed E-state index contributed by atoms with van der Waals surface area (Å²) in [5, 5.41) is 0.279. The molecule has 1 aromatic heterocycles. The monoisotopic (exact) mass is 290 g/mol. The summed E-state index contributed by atoms with van der Waals surface area (Å²) in [6.45, 7) is 6.10. The normalized spacial score (nSPS) is 13.8. The number of rotatable bonds is 6. The lowest BCUT2D eigenvalue weighted by molar-refractivity contribution is 0.485. The van der Waals surface area contributed by atoms with E-state index in [0.717, 1.165) is 12.8 Å². The molecule has 102 valence electrons. The Hall–Kier alpha value is -0.650. The molecule has 0 aliphatic carbocycles. The molecule has 0 saturated heterocycles. The van der Waals surface area contributed by atoms with Gasteiger partial charge in [-0.3, -0.25) is 0 Å². The largest absolute Gasteiger partial charge is 0.243 e. The fraction of sp³-hybridized carbons (Fsp3) is 0.583. The summed E-state index contributed by atoms with van der Waals surface area (Å²) in [7, 11) is -3.50. The van der Waals surface area contributed by atoms with Crippen LogP contribution in [0.1, 0.15) is 33.6 Å². The zero-order valence-electron chi connectivity index (χ0n) is 10.9. The molecule has 1 heterocycles. The van der Waals surface area contributed by atoms with Crippen molar-refractivity contribution < 1.29 is 8.42 Å².